The third-order valence-electron chi connectivity index (χ3n) is 3.95. The second-order valence-electron chi connectivity index (χ2n) is 5.48. The van der Waals surface area contributed by atoms with E-state index in [0.29, 0.717) is 22.9 Å². The number of hydrogen-bond acceptors (Lipinski definition) is 4. The van der Waals surface area contributed by atoms with Crippen LogP contribution in [0.1, 0.15) is 30.1 Å². The monoisotopic (exact) mass is 276 g/mol. The minimum Gasteiger partial charge on any atom is -0.399 e. The van der Waals surface area contributed by atoms with Crippen LogP contribution in [0.5, 0.6) is 0 Å². The van der Waals surface area contributed by atoms with Crippen LogP contribution in [0, 0.1) is 5.92 Å². The van der Waals surface area contributed by atoms with Gasteiger partial charge < -0.3 is 21.7 Å². The highest BCUT2D eigenvalue weighted by atomic mass is 16.1. The SMILES string of the molecule is CCN1CCC(CNC(=O)c2cc(N)cc(N)c2)CC1. The number of piperidine rings is 1. The maximum atomic E-state index is 12.1. The highest BCUT2D eigenvalue weighted by Crippen LogP contribution is 2.17. The molecule has 1 aromatic carbocycles. The first-order valence-corrected chi connectivity index (χ1v) is 7.25. The van der Waals surface area contributed by atoms with Crippen molar-refractivity contribution in [2.75, 3.05) is 37.6 Å². The molecule has 0 saturated carbocycles. The molecule has 1 aliphatic heterocycles. The molecule has 1 aliphatic rings. The van der Waals surface area contributed by atoms with Crippen molar-refractivity contribution in [1.29, 1.82) is 0 Å². The van der Waals surface area contributed by atoms with Gasteiger partial charge in [0.2, 0.25) is 0 Å². The van der Waals surface area contributed by atoms with Crippen molar-refractivity contribution in [1.82, 2.24) is 10.2 Å². The van der Waals surface area contributed by atoms with Gasteiger partial charge in [-0.2, -0.15) is 0 Å². The summed E-state index contributed by atoms with van der Waals surface area (Å²) >= 11 is 0. The first kappa shape index (κ1) is 14.7. The molecule has 1 fully saturated rings. The van der Waals surface area contributed by atoms with Gasteiger partial charge >= 0.3 is 0 Å². The van der Waals surface area contributed by atoms with Gasteiger partial charge in [-0.25, -0.2) is 0 Å². The molecule has 0 unspecified atom stereocenters. The van der Waals surface area contributed by atoms with Gasteiger partial charge in [0, 0.05) is 23.5 Å². The van der Waals surface area contributed by atoms with E-state index in [0.717, 1.165) is 39.0 Å². The fourth-order valence-electron chi connectivity index (χ4n) is 2.65. The Hall–Kier alpha value is -1.75. The van der Waals surface area contributed by atoms with E-state index < -0.39 is 0 Å². The van der Waals surface area contributed by atoms with E-state index in [2.05, 4.69) is 17.1 Å². The Kier molecular flexibility index (Phi) is 4.84. The summed E-state index contributed by atoms with van der Waals surface area (Å²) in [4.78, 5) is 14.5. The summed E-state index contributed by atoms with van der Waals surface area (Å²) in [5.74, 6) is 0.474. The van der Waals surface area contributed by atoms with Crippen LogP contribution < -0.4 is 16.8 Å². The number of benzene rings is 1. The first-order chi connectivity index (χ1) is 9.58. The zero-order valence-corrected chi connectivity index (χ0v) is 12.1. The quantitative estimate of drug-likeness (QED) is 0.724. The molecular formula is C15H24N4O. The number of carbonyl (C=O) groups excluding carboxylic acids is 1. The zero-order valence-electron chi connectivity index (χ0n) is 12.1. The number of nitrogen functional groups attached to an aromatic ring is 2. The van der Waals surface area contributed by atoms with E-state index in [4.69, 9.17) is 11.5 Å². The number of anilines is 2. The van der Waals surface area contributed by atoms with Crippen LogP contribution in [0.2, 0.25) is 0 Å². The molecule has 2 rings (SSSR count). The minimum absolute atomic E-state index is 0.0954. The zero-order chi connectivity index (χ0) is 14.5. The normalized spacial score (nSPS) is 17.1. The standard InChI is InChI=1S/C15H24N4O/c1-2-19-5-3-11(4-6-19)10-18-15(20)12-7-13(16)9-14(17)8-12/h7-9,11H,2-6,10,16-17H2,1H3,(H,18,20). The third-order valence-corrected chi connectivity index (χ3v) is 3.95. The molecule has 1 heterocycles. The highest BCUT2D eigenvalue weighted by Gasteiger charge is 2.18. The Morgan fingerprint density at radius 2 is 1.85 bits per heavy atom. The third kappa shape index (κ3) is 3.87. The van der Waals surface area contributed by atoms with Gasteiger partial charge in [-0.05, 0) is 56.6 Å². The molecule has 5 heteroatoms. The highest BCUT2D eigenvalue weighted by molar-refractivity contribution is 5.96. The number of rotatable bonds is 4. The van der Waals surface area contributed by atoms with Crippen LogP contribution in [-0.2, 0) is 0 Å². The number of nitrogens with zero attached hydrogens (tertiary/aromatic N) is 1. The predicted molar refractivity (Wildman–Crippen MR) is 82.4 cm³/mol. The Labute approximate surface area is 120 Å². The number of amides is 1. The topological polar surface area (TPSA) is 84.4 Å². The van der Waals surface area contributed by atoms with Crippen molar-refractivity contribution in [2.24, 2.45) is 5.92 Å². The summed E-state index contributed by atoms with van der Waals surface area (Å²) in [6.07, 6.45) is 2.29. The van der Waals surface area contributed by atoms with Crippen LogP contribution in [0.25, 0.3) is 0 Å². The fourth-order valence-corrected chi connectivity index (χ4v) is 2.65. The van der Waals surface area contributed by atoms with Crippen molar-refractivity contribution in [2.45, 2.75) is 19.8 Å². The van der Waals surface area contributed by atoms with Crippen LogP contribution in [0.3, 0.4) is 0 Å². The summed E-state index contributed by atoms with van der Waals surface area (Å²) in [5.41, 5.74) is 13.0. The van der Waals surface area contributed by atoms with Gasteiger partial charge in [0.25, 0.3) is 5.91 Å². The predicted octanol–water partition coefficient (Wildman–Crippen LogP) is 1.31. The molecule has 20 heavy (non-hydrogen) atoms. The molecular weight excluding hydrogens is 252 g/mol. The molecule has 0 spiro atoms. The van der Waals surface area contributed by atoms with Crippen LogP contribution in [0.4, 0.5) is 11.4 Å². The van der Waals surface area contributed by atoms with Gasteiger partial charge in [-0.1, -0.05) is 6.92 Å². The number of nitrogens with one attached hydrogen (secondary N) is 1. The van der Waals surface area contributed by atoms with E-state index in [1.807, 2.05) is 0 Å². The fraction of sp³-hybridized carbons (Fsp3) is 0.533. The summed E-state index contributed by atoms with van der Waals surface area (Å²) in [7, 11) is 0. The van der Waals surface area contributed by atoms with E-state index in [-0.39, 0.29) is 5.91 Å². The molecule has 0 aliphatic carbocycles. The minimum atomic E-state index is -0.0954. The average molecular weight is 276 g/mol. The van der Waals surface area contributed by atoms with Gasteiger partial charge in [-0.15, -0.1) is 0 Å². The van der Waals surface area contributed by atoms with Crippen LogP contribution in [0.15, 0.2) is 18.2 Å². The molecule has 0 bridgehead atoms. The molecule has 5 nitrogen and oxygen atoms in total. The van der Waals surface area contributed by atoms with E-state index >= 15 is 0 Å². The summed E-state index contributed by atoms with van der Waals surface area (Å²) < 4.78 is 0. The maximum absolute atomic E-state index is 12.1. The average Bonchev–Trinajstić information content (AvgIpc) is 2.44. The molecule has 1 amide bonds. The lowest BCUT2D eigenvalue weighted by atomic mass is 9.96. The van der Waals surface area contributed by atoms with Crippen LogP contribution in [-0.4, -0.2) is 37.0 Å². The van der Waals surface area contributed by atoms with Crippen LogP contribution >= 0.6 is 0 Å². The van der Waals surface area contributed by atoms with Gasteiger partial charge in [0.1, 0.15) is 0 Å². The second kappa shape index (κ2) is 6.61. The number of likely N-dealkylation sites (tertiary alicyclic amines) is 1. The number of nitrogens with two attached hydrogens (primary N) is 2. The Balaban J connectivity index is 1.83. The largest absolute Gasteiger partial charge is 0.399 e. The summed E-state index contributed by atoms with van der Waals surface area (Å²) in [5, 5.41) is 2.99. The van der Waals surface area contributed by atoms with E-state index in [1.165, 1.54) is 0 Å². The van der Waals surface area contributed by atoms with Gasteiger partial charge in [0.15, 0.2) is 0 Å². The Morgan fingerprint density at radius 1 is 1.25 bits per heavy atom. The first-order valence-electron chi connectivity index (χ1n) is 7.25. The lowest BCUT2D eigenvalue weighted by Crippen LogP contribution is -2.38. The second-order valence-corrected chi connectivity index (χ2v) is 5.48. The Bertz CT molecular complexity index is 447. The Morgan fingerprint density at radius 3 is 2.40 bits per heavy atom. The maximum Gasteiger partial charge on any atom is 0.251 e. The summed E-state index contributed by atoms with van der Waals surface area (Å²) in [6.45, 7) is 6.28. The molecule has 5 N–H and O–H groups in total. The number of hydrogen-bond donors (Lipinski definition) is 3. The van der Waals surface area contributed by atoms with Crippen molar-refractivity contribution in [3.8, 4) is 0 Å². The molecule has 1 saturated heterocycles. The van der Waals surface area contributed by atoms with Crippen molar-refractivity contribution >= 4 is 17.3 Å². The van der Waals surface area contributed by atoms with E-state index in [1.54, 1.807) is 18.2 Å². The van der Waals surface area contributed by atoms with Gasteiger partial charge in [0.05, 0.1) is 0 Å². The lowest BCUT2D eigenvalue weighted by molar-refractivity contribution is 0.0937. The molecule has 0 aromatic heterocycles. The van der Waals surface area contributed by atoms with Crippen molar-refractivity contribution in [3.63, 3.8) is 0 Å². The smallest absolute Gasteiger partial charge is 0.251 e. The van der Waals surface area contributed by atoms with E-state index in [9.17, 15) is 4.79 Å². The number of carbonyl (C=O) groups is 1. The lowest BCUT2D eigenvalue weighted by Gasteiger charge is -2.31. The molecule has 0 atom stereocenters. The molecule has 110 valence electrons. The van der Waals surface area contributed by atoms with Crippen molar-refractivity contribution in [3.05, 3.63) is 23.8 Å². The molecule has 1 aromatic rings. The van der Waals surface area contributed by atoms with Gasteiger partial charge in [-0.3, -0.25) is 4.79 Å². The summed E-state index contributed by atoms with van der Waals surface area (Å²) in [6, 6.07) is 4.97. The van der Waals surface area contributed by atoms with Crippen molar-refractivity contribution < 1.29 is 4.79 Å². The molecule has 0 radical (unpaired) electrons.